The molecule has 2 saturated heterocycles. The van der Waals surface area contributed by atoms with Crippen LogP contribution in [0.3, 0.4) is 0 Å². The average molecular weight is 397 g/mol. The number of ether oxygens (including phenoxy) is 3. The molecule has 0 bridgehead atoms. The molecule has 0 aromatic heterocycles. The Morgan fingerprint density at radius 1 is 1.26 bits per heavy atom. The standard InChI is InChI=1S/C15H27NO11/c1-5(18)16-6-4-26-11(10(21)8(6)19)13(23)15(24)12(22)9(20)7(3-17)27-14(15)25-2/h6-14,17,19-24H,3-4H2,1-2H3,(H,16,18)/t6-,7-,8-,9-,10-,11+,12+,13?,14+,15+/m1/s1. The number of methoxy groups -OCH3 is 1. The lowest BCUT2D eigenvalue weighted by atomic mass is 9.77. The van der Waals surface area contributed by atoms with Crippen LogP contribution in [-0.4, -0.2) is 123 Å². The van der Waals surface area contributed by atoms with Crippen LogP contribution in [0.4, 0.5) is 0 Å². The van der Waals surface area contributed by atoms with Gasteiger partial charge in [-0.3, -0.25) is 4.79 Å². The molecule has 12 heteroatoms. The lowest BCUT2D eigenvalue weighted by molar-refractivity contribution is -0.367. The zero-order chi connectivity index (χ0) is 20.5. The predicted molar refractivity (Wildman–Crippen MR) is 85.1 cm³/mol. The summed E-state index contributed by atoms with van der Waals surface area (Å²) in [7, 11) is 1.10. The summed E-state index contributed by atoms with van der Waals surface area (Å²) < 4.78 is 15.4. The molecule has 10 atom stereocenters. The molecule has 158 valence electrons. The van der Waals surface area contributed by atoms with Crippen molar-refractivity contribution < 1.29 is 54.8 Å². The topological polar surface area (TPSA) is 198 Å². The van der Waals surface area contributed by atoms with E-state index in [1.165, 1.54) is 6.92 Å². The third kappa shape index (κ3) is 3.96. The number of nitrogens with one attached hydrogen (secondary N) is 1. The Morgan fingerprint density at radius 2 is 1.89 bits per heavy atom. The van der Waals surface area contributed by atoms with E-state index in [2.05, 4.69) is 5.32 Å². The number of aliphatic hydroxyl groups is 7. The van der Waals surface area contributed by atoms with Crippen LogP contribution < -0.4 is 5.32 Å². The molecule has 2 heterocycles. The van der Waals surface area contributed by atoms with Crippen molar-refractivity contribution in [3.05, 3.63) is 0 Å². The summed E-state index contributed by atoms with van der Waals surface area (Å²) in [6.07, 6.45) is -13.8. The summed E-state index contributed by atoms with van der Waals surface area (Å²) >= 11 is 0. The van der Waals surface area contributed by atoms with Gasteiger partial charge in [-0.05, 0) is 0 Å². The van der Waals surface area contributed by atoms with Crippen LogP contribution in [-0.2, 0) is 19.0 Å². The Balaban J connectivity index is 2.24. The van der Waals surface area contributed by atoms with Gasteiger partial charge in [-0.25, -0.2) is 0 Å². The van der Waals surface area contributed by atoms with E-state index >= 15 is 0 Å². The normalized spacial score (nSPS) is 46.7. The summed E-state index contributed by atoms with van der Waals surface area (Å²) in [6, 6.07) is -0.953. The Morgan fingerprint density at radius 3 is 2.41 bits per heavy atom. The van der Waals surface area contributed by atoms with Gasteiger partial charge in [0.25, 0.3) is 0 Å². The second-order valence-corrected chi connectivity index (χ2v) is 6.78. The van der Waals surface area contributed by atoms with E-state index in [1.54, 1.807) is 0 Å². The number of hydrogen-bond donors (Lipinski definition) is 8. The maximum atomic E-state index is 11.1. The van der Waals surface area contributed by atoms with Crippen molar-refractivity contribution in [2.24, 2.45) is 0 Å². The van der Waals surface area contributed by atoms with Crippen molar-refractivity contribution in [3.8, 4) is 0 Å². The van der Waals surface area contributed by atoms with E-state index in [1.807, 2.05) is 0 Å². The first-order valence-electron chi connectivity index (χ1n) is 8.40. The van der Waals surface area contributed by atoms with Gasteiger partial charge in [0.05, 0.1) is 19.3 Å². The van der Waals surface area contributed by atoms with E-state index < -0.39 is 73.2 Å². The first kappa shape index (κ1) is 22.4. The number of rotatable bonds is 5. The SMILES string of the molecule is CO[C@H]1O[C@H](CO)[C@@H](O)[C@H](O)[C@]1(O)C(O)[C@H]1OC[C@@H](NC(C)=O)[C@@H](O)[C@H]1O. The van der Waals surface area contributed by atoms with Gasteiger partial charge in [-0.1, -0.05) is 0 Å². The molecular formula is C15H27NO11. The van der Waals surface area contributed by atoms with E-state index in [4.69, 9.17) is 14.2 Å². The first-order valence-corrected chi connectivity index (χ1v) is 8.40. The second-order valence-electron chi connectivity index (χ2n) is 6.78. The summed E-state index contributed by atoms with van der Waals surface area (Å²) in [5.41, 5.74) is -2.66. The molecule has 12 nitrogen and oxygen atoms in total. The van der Waals surface area contributed by atoms with Crippen LogP contribution >= 0.6 is 0 Å². The van der Waals surface area contributed by atoms with Crippen LogP contribution in [0, 0.1) is 0 Å². The molecule has 27 heavy (non-hydrogen) atoms. The van der Waals surface area contributed by atoms with Crippen LogP contribution in [0.15, 0.2) is 0 Å². The summed E-state index contributed by atoms with van der Waals surface area (Å²) in [6.45, 7) is 0.219. The largest absolute Gasteiger partial charge is 0.394 e. The van der Waals surface area contributed by atoms with Crippen LogP contribution in [0.2, 0.25) is 0 Å². The molecule has 2 aliphatic heterocycles. The number of carbonyl (C=O) groups is 1. The highest BCUT2D eigenvalue weighted by Gasteiger charge is 2.62. The summed E-state index contributed by atoms with van der Waals surface area (Å²) in [5.74, 6) is -0.471. The van der Waals surface area contributed by atoms with E-state index in [9.17, 15) is 40.5 Å². The average Bonchev–Trinajstić information content (AvgIpc) is 2.63. The first-order chi connectivity index (χ1) is 12.6. The van der Waals surface area contributed by atoms with E-state index in [0.29, 0.717) is 0 Å². The molecule has 0 aliphatic carbocycles. The van der Waals surface area contributed by atoms with Crippen LogP contribution in [0.5, 0.6) is 0 Å². The van der Waals surface area contributed by atoms with Gasteiger partial charge < -0.3 is 55.3 Å². The fourth-order valence-electron chi connectivity index (χ4n) is 3.45. The maximum absolute atomic E-state index is 11.1. The van der Waals surface area contributed by atoms with Crippen molar-refractivity contribution in [3.63, 3.8) is 0 Å². The smallest absolute Gasteiger partial charge is 0.217 e. The second kappa shape index (κ2) is 8.61. The van der Waals surface area contributed by atoms with Gasteiger partial charge in [-0.2, -0.15) is 0 Å². The number of aliphatic hydroxyl groups excluding tert-OH is 6. The van der Waals surface area contributed by atoms with Crippen molar-refractivity contribution >= 4 is 5.91 Å². The molecule has 0 radical (unpaired) electrons. The number of amides is 1. The quantitative estimate of drug-likeness (QED) is 0.220. The van der Waals surface area contributed by atoms with E-state index in [-0.39, 0.29) is 6.61 Å². The minimum absolute atomic E-state index is 0.300. The van der Waals surface area contributed by atoms with Crippen molar-refractivity contribution in [1.82, 2.24) is 5.32 Å². The molecule has 0 saturated carbocycles. The molecule has 0 spiro atoms. The molecule has 1 unspecified atom stereocenters. The Kier molecular flexibility index (Phi) is 7.13. The lowest BCUT2D eigenvalue weighted by Gasteiger charge is -2.52. The van der Waals surface area contributed by atoms with E-state index in [0.717, 1.165) is 7.11 Å². The minimum atomic E-state index is -2.66. The molecule has 2 fully saturated rings. The van der Waals surface area contributed by atoms with Gasteiger partial charge in [0.1, 0.15) is 42.7 Å². The fraction of sp³-hybridized carbons (Fsp3) is 0.933. The lowest BCUT2D eigenvalue weighted by Crippen LogP contribution is -2.75. The van der Waals surface area contributed by atoms with Crippen molar-refractivity contribution in [1.29, 1.82) is 0 Å². The Bertz CT molecular complexity index is 518. The number of hydrogen-bond acceptors (Lipinski definition) is 11. The third-order valence-electron chi connectivity index (χ3n) is 4.99. The minimum Gasteiger partial charge on any atom is -0.394 e. The van der Waals surface area contributed by atoms with Gasteiger partial charge in [0.2, 0.25) is 5.91 Å². The predicted octanol–water partition coefficient (Wildman–Crippen LogP) is -5.21. The van der Waals surface area contributed by atoms with Crippen LogP contribution in [0.1, 0.15) is 6.92 Å². The Labute approximate surface area is 154 Å². The summed E-state index contributed by atoms with van der Waals surface area (Å²) in [5, 5.41) is 73.9. The van der Waals surface area contributed by atoms with Gasteiger partial charge in [-0.15, -0.1) is 0 Å². The molecule has 0 aromatic carbocycles. The highest BCUT2D eigenvalue weighted by atomic mass is 16.7. The van der Waals surface area contributed by atoms with Crippen LogP contribution in [0.25, 0.3) is 0 Å². The molecule has 2 aliphatic rings. The molecule has 1 amide bonds. The van der Waals surface area contributed by atoms with Gasteiger partial charge in [0.15, 0.2) is 11.9 Å². The molecule has 8 N–H and O–H groups in total. The van der Waals surface area contributed by atoms with Crippen molar-refractivity contribution in [2.75, 3.05) is 20.3 Å². The fourth-order valence-corrected chi connectivity index (χ4v) is 3.45. The van der Waals surface area contributed by atoms with Crippen molar-refractivity contribution in [2.45, 2.75) is 67.6 Å². The molecule has 0 aromatic rings. The highest BCUT2D eigenvalue weighted by Crippen LogP contribution is 2.36. The van der Waals surface area contributed by atoms with Gasteiger partial charge >= 0.3 is 0 Å². The zero-order valence-corrected chi connectivity index (χ0v) is 14.9. The monoisotopic (exact) mass is 397 g/mol. The molecule has 2 rings (SSSR count). The highest BCUT2D eigenvalue weighted by molar-refractivity contribution is 5.73. The zero-order valence-electron chi connectivity index (χ0n) is 14.9. The Hall–Kier alpha value is -0.930. The number of carbonyl (C=O) groups excluding carboxylic acids is 1. The van der Waals surface area contributed by atoms with Gasteiger partial charge in [0, 0.05) is 14.0 Å². The molecular weight excluding hydrogens is 370 g/mol. The summed E-state index contributed by atoms with van der Waals surface area (Å²) in [4.78, 5) is 11.1. The third-order valence-corrected chi connectivity index (χ3v) is 4.99. The maximum Gasteiger partial charge on any atom is 0.217 e.